The molecule has 1 rings (SSSR count). The van der Waals surface area contributed by atoms with Crippen molar-refractivity contribution >= 4 is 9.76 Å². The van der Waals surface area contributed by atoms with Crippen LogP contribution in [0.25, 0.3) is 0 Å². The van der Waals surface area contributed by atoms with Crippen molar-refractivity contribution in [1.82, 2.24) is 0 Å². The standard InChI is InChI=1S/C10H14OSi/c1-4-12-11-10-6-5-8(2)7-9(10)3/h5-7H,4H2,1-3H3. The molecular weight excluding hydrogens is 164 g/mol. The fourth-order valence-electron chi connectivity index (χ4n) is 1.06. The lowest BCUT2D eigenvalue weighted by Gasteiger charge is -2.07. The molecule has 0 spiro atoms. The summed E-state index contributed by atoms with van der Waals surface area (Å²) < 4.78 is 5.57. The van der Waals surface area contributed by atoms with E-state index in [9.17, 15) is 0 Å². The van der Waals surface area contributed by atoms with Crippen molar-refractivity contribution in [2.24, 2.45) is 0 Å². The normalized spacial score (nSPS) is 9.92. The molecule has 0 atom stereocenters. The summed E-state index contributed by atoms with van der Waals surface area (Å²) in [5.41, 5.74) is 2.52. The van der Waals surface area contributed by atoms with Crippen LogP contribution in [-0.4, -0.2) is 9.76 Å². The van der Waals surface area contributed by atoms with E-state index in [-0.39, 0.29) is 0 Å². The maximum atomic E-state index is 5.57. The predicted molar refractivity (Wildman–Crippen MR) is 52.8 cm³/mol. The van der Waals surface area contributed by atoms with Gasteiger partial charge in [-0.25, -0.2) is 0 Å². The summed E-state index contributed by atoms with van der Waals surface area (Å²) in [6.45, 7) is 6.31. The lowest BCUT2D eigenvalue weighted by atomic mass is 10.1. The molecule has 0 saturated heterocycles. The molecule has 12 heavy (non-hydrogen) atoms. The summed E-state index contributed by atoms with van der Waals surface area (Å²) in [4.78, 5) is 0. The van der Waals surface area contributed by atoms with Gasteiger partial charge in [0.1, 0.15) is 5.75 Å². The van der Waals surface area contributed by atoms with E-state index in [1.54, 1.807) is 0 Å². The summed E-state index contributed by atoms with van der Waals surface area (Å²) in [5.74, 6) is 1.03. The monoisotopic (exact) mass is 178 g/mol. The molecule has 0 aliphatic heterocycles. The van der Waals surface area contributed by atoms with E-state index in [0.717, 1.165) is 11.8 Å². The van der Waals surface area contributed by atoms with Crippen molar-refractivity contribution in [1.29, 1.82) is 0 Å². The molecule has 0 amide bonds. The van der Waals surface area contributed by atoms with Crippen LogP contribution in [0, 0.1) is 13.8 Å². The molecule has 0 aromatic heterocycles. The lowest BCUT2D eigenvalue weighted by molar-refractivity contribution is 0.588. The molecule has 2 radical (unpaired) electrons. The third-order valence-corrected chi connectivity index (χ3v) is 2.31. The summed E-state index contributed by atoms with van der Waals surface area (Å²) in [6, 6.07) is 7.37. The fourth-order valence-corrected chi connectivity index (χ4v) is 1.59. The molecule has 0 N–H and O–H groups in total. The van der Waals surface area contributed by atoms with Crippen LogP contribution in [0.15, 0.2) is 18.2 Å². The Morgan fingerprint density at radius 1 is 1.33 bits per heavy atom. The van der Waals surface area contributed by atoms with Crippen LogP contribution in [-0.2, 0) is 0 Å². The zero-order chi connectivity index (χ0) is 8.97. The Morgan fingerprint density at radius 3 is 2.67 bits per heavy atom. The molecule has 0 aliphatic carbocycles. The van der Waals surface area contributed by atoms with E-state index in [0.29, 0.717) is 9.76 Å². The highest BCUT2D eigenvalue weighted by molar-refractivity contribution is 6.28. The molecule has 0 heterocycles. The van der Waals surface area contributed by atoms with Gasteiger partial charge in [-0.2, -0.15) is 0 Å². The Bertz CT molecular complexity index is 258. The largest absolute Gasteiger partial charge is 0.541 e. The number of aryl methyl sites for hydroxylation is 2. The minimum atomic E-state index is 0.585. The van der Waals surface area contributed by atoms with Gasteiger partial charge in [0.25, 0.3) is 0 Å². The van der Waals surface area contributed by atoms with Crippen LogP contribution in [0.2, 0.25) is 6.04 Å². The van der Waals surface area contributed by atoms with Crippen molar-refractivity contribution in [3.8, 4) is 5.75 Å². The van der Waals surface area contributed by atoms with Crippen LogP contribution in [0.3, 0.4) is 0 Å². The maximum Gasteiger partial charge on any atom is 0.310 e. The molecule has 0 bridgehead atoms. The molecule has 0 fully saturated rings. The number of rotatable bonds is 3. The second kappa shape index (κ2) is 4.31. The Kier molecular flexibility index (Phi) is 3.35. The first-order valence-corrected chi connectivity index (χ1v) is 5.32. The minimum absolute atomic E-state index is 0.585. The third-order valence-electron chi connectivity index (χ3n) is 1.66. The van der Waals surface area contributed by atoms with E-state index in [4.69, 9.17) is 4.43 Å². The Labute approximate surface area is 76.7 Å². The zero-order valence-corrected chi connectivity index (χ0v) is 8.85. The molecule has 0 unspecified atom stereocenters. The minimum Gasteiger partial charge on any atom is -0.541 e. The van der Waals surface area contributed by atoms with E-state index in [2.05, 4.69) is 32.9 Å². The fraction of sp³-hybridized carbons (Fsp3) is 0.400. The van der Waals surface area contributed by atoms with Gasteiger partial charge in [-0.15, -0.1) is 0 Å². The van der Waals surface area contributed by atoms with Gasteiger partial charge in [0.15, 0.2) is 0 Å². The summed E-state index contributed by atoms with van der Waals surface area (Å²) >= 11 is 0. The Morgan fingerprint density at radius 2 is 2.08 bits per heavy atom. The van der Waals surface area contributed by atoms with Gasteiger partial charge >= 0.3 is 9.76 Å². The summed E-state index contributed by atoms with van der Waals surface area (Å²) in [7, 11) is 0.585. The van der Waals surface area contributed by atoms with E-state index in [1.165, 1.54) is 11.1 Å². The molecule has 2 heteroatoms. The van der Waals surface area contributed by atoms with Crippen LogP contribution in [0.1, 0.15) is 18.1 Å². The highest BCUT2D eigenvalue weighted by Gasteiger charge is 1.98. The van der Waals surface area contributed by atoms with Gasteiger partial charge in [0.2, 0.25) is 0 Å². The number of hydrogen-bond donors (Lipinski definition) is 0. The highest BCUT2D eigenvalue weighted by Crippen LogP contribution is 2.18. The highest BCUT2D eigenvalue weighted by atomic mass is 28.2. The van der Waals surface area contributed by atoms with Crippen molar-refractivity contribution < 1.29 is 4.43 Å². The van der Waals surface area contributed by atoms with E-state index in [1.807, 2.05) is 6.07 Å². The topological polar surface area (TPSA) is 9.23 Å². The van der Waals surface area contributed by atoms with Gasteiger partial charge in [-0.3, -0.25) is 0 Å². The summed E-state index contributed by atoms with van der Waals surface area (Å²) in [6.07, 6.45) is 0. The first-order chi connectivity index (χ1) is 5.74. The summed E-state index contributed by atoms with van der Waals surface area (Å²) in [5, 5.41) is 0. The average Bonchev–Trinajstić information content (AvgIpc) is 2.03. The SMILES string of the molecule is CC[Si]Oc1ccc(C)cc1C. The molecule has 0 aliphatic rings. The van der Waals surface area contributed by atoms with E-state index >= 15 is 0 Å². The van der Waals surface area contributed by atoms with Gasteiger partial charge in [-0.05, 0) is 31.5 Å². The first-order valence-electron chi connectivity index (χ1n) is 4.21. The van der Waals surface area contributed by atoms with Crippen LogP contribution in [0.5, 0.6) is 5.75 Å². The van der Waals surface area contributed by atoms with Crippen molar-refractivity contribution in [2.45, 2.75) is 26.8 Å². The van der Waals surface area contributed by atoms with Crippen LogP contribution in [0.4, 0.5) is 0 Å². The van der Waals surface area contributed by atoms with Gasteiger partial charge in [0.05, 0.1) is 0 Å². The van der Waals surface area contributed by atoms with Gasteiger partial charge in [0, 0.05) is 0 Å². The smallest absolute Gasteiger partial charge is 0.310 e. The van der Waals surface area contributed by atoms with Crippen molar-refractivity contribution in [3.63, 3.8) is 0 Å². The Balaban J connectivity index is 2.72. The Hall–Kier alpha value is -0.763. The second-order valence-corrected chi connectivity index (χ2v) is 4.07. The quantitative estimate of drug-likeness (QED) is 0.647. The molecule has 1 aromatic carbocycles. The van der Waals surface area contributed by atoms with Crippen LogP contribution < -0.4 is 4.43 Å². The zero-order valence-electron chi connectivity index (χ0n) is 7.85. The molecule has 1 nitrogen and oxygen atoms in total. The third kappa shape index (κ3) is 2.38. The molecule has 1 aromatic rings. The predicted octanol–water partition coefficient (Wildman–Crippen LogP) is 2.74. The first kappa shape index (κ1) is 9.33. The number of hydrogen-bond acceptors (Lipinski definition) is 1. The van der Waals surface area contributed by atoms with E-state index < -0.39 is 0 Å². The van der Waals surface area contributed by atoms with Gasteiger partial charge < -0.3 is 4.43 Å². The second-order valence-electron chi connectivity index (χ2n) is 2.87. The van der Waals surface area contributed by atoms with Crippen LogP contribution >= 0.6 is 0 Å². The molecule has 0 saturated carbocycles. The van der Waals surface area contributed by atoms with Gasteiger partial charge in [-0.1, -0.05) is 24.6 Å². The molecular formula is C10H14OSi. The lowest BCUT2D eigenvalue weighted by Crippen LogP contribution is -2.00. The average molecular weight is 178 g/mol. The maximum absolute atomic E-state index is 5.57. The van der Waals surface area contributed by atoms with Crippen molar-refractivity contribution in [3.05, 3.63) is 29.3 Å². The number of benzene rings is 1. The van der Waals surface area contributed by atoms with Crippen molar-refractivity contribution in [2.75, 3.05) is 0 Å². The molecule has 64 valence electrons.